The molecule has 0 heterocycles. The molecule has 1 fully saturated rings. The summed E-state index contributed by atoms with van der Waals surface area (Å²) in [6, 6.07) is 8.19. The van der Waals surface area contributed by atoms with Crippen molar-refractivity contribution >= 4 is 11.8 Å². The van der Waals surface area contributed by atoms with Gasteiger partial charge >= 0.3 is 0 Å². The Labute approximate surface area is 114 Å². The van der Waals surface area contributed by atoms with Crippen molar-refractivity contribution in [1.29, 1.82) is 0 Å². The standard InChI is InChI=1S/C15H23NOS/c1-18-15(8-2-3-9-15)12-16-10-13-4-6-14(11-17)7-5-13/h4-7,16-17H,2-3,8-12H2,1H3. The zero-order valence-electron chi connectivity index (χ0n) is 11.1. The van der Waals surface area contributed by atoms with E-state index in [1.54, 1.807) is 0 Å². The van der Waals surface area contributed by atoms with E-state index >= 15 is 0 Å². The normalized spacial score (nSPS) is 18.1. The zero-order chi connectivity index (χ0) is 12.8. The lowest BCUT2D eigenvalue weighted by molar-refractivity contribution is 0.282. The summed E-state index contributed by atoms with van der Waals surface area (Å²) in [5, 5.41) is 12.6. The Morgan fingerprint density at radius 1 is 1.17 bits per heavy atom. The lowest BCUT2D eigenvalue weighted by Crippen LogP contribution is -2.34. The van der Waals surface area contributed by atoms with Crippen LogP contribution in [0, 0.1) is 0 Å². The Kier molecular flexibility index (Phi) is 5.10. The molecule has 3 heteroatoms. The van der Waals surface area contributed by atoms with Gasteiger partial charge in [-0.1, -0.05) is 37.1 Å². The van der Waals surface area contributed by atoms with Gasteiger partial charge in [-0.2, -0.15) is 11.8 Å². The number of hydrogen-bond acceptors (Lipinski definition) is 3. The van der Waals surface area contributed by atoms with E-state index in [9.17, 15) is 0 Å². The third-order valence-electron chi connectivity index (χ3n) is 3.93. The van der Waals surface area contributed by atoms with Gasteiger partial charge in [0, 0.05) is 17.8 Å². The number of nitrogens with one attached hydrogen (secondary N) is 1. The van der Waals surface area contributed by atoms with Crippen molar-refractivity contribution < 1.29 is 5.11 Å². The number of thioether (sulfide) groups is 1. The van der Waals surface area contributed by atoms with Crippen LogP contribution in [-0.2, 0) is 13.2 Å². The minimum atomic E-state index is 0.128. The average Bonchev–Trinajstić information content (AvgIpc) is 2.89. The van der Waals surface area contributed by atoms with Crippen molar-refractivity contribution in [2.45, 2.75) is 43.6 Å². The molecule has 0 aromatic heterocycles. The van der Waals surface area contributed by atoms with Crippen LogP contribution < -0.4 is 5.32 Å². The predicted octanol–water partition coefficient (Wildman–Crippen LogP) is 2.94. The number of rotatable bonds is 6. The molecular weight excluding hydrogens is 242 g/mol. The van der Waals surface area contributed by atoms with E-state index in [1.165, 1.54) is 31.2 Å². The number of aliphatic hydroxyl groups is 1. The molecule has 18 heavy (non-hydrogen) atoms. The Morgan fingerprint density at radius 3 is 2.33 bits per heavy atom. The second kappa shape index (κ2) is 6.60. The van der Waals surface area contributed by atoms with Gasteiger partial charge in [-0.05, 0) is 30.2 Å². The minimum Gasteiger partial charge on any atom is -0.392 e. The summed E-state index contributed by atoms with van der Waals surface area (Å²) in [5.41, 5.74) is 2.27. The molecule has 0 spiro atoms. The van der Waals surface area contributed by atoms with Crippen LogP contribution in [0.25, 0.3) is 0 Å². The highest BCUT2D eigenvalue weighted by molar-refractivity contribution is 8.00. The van der Waals surface area contributed by atoms with E-state index in [1.807, 2.05) is 23.9 Å². The SMILES string of the molecule is CSC1(CNCc2ccc(CO)cc2)CCCC1. The first-order chi connectivity index (χ1) is 8.78. The predicted molar refractivity (Wildman–Crippen MR) is 78.8 cm³/mol. The van der Waals surface area contributed by atoms with Crippen LogP contribution in [0.15, 0.2) is 24.3 Å². The molecule has 0 atom stereocenters. The van der Waals surface area contributed by atoms with Crippen LogP contribution in [0.3, 0.4) is 0 Å². The molecular formula is C15H23NOS. The Morgan fingerprint density at radius 2 is 1.78 bits per heavy atom. The second-order valence-electron chi connectivity index (χ2n) is 5.17. The maximum absolute atomic E-state index is 9.00. The lowest BCUT2D eigenvalue weighted by atomic mass is 10.1. The summed E-state index contributed by atoms with van der Waals surface area (Å²) in [5.74, 6) is 0. The first kappa shape index (κ1) is 13.9. The first-order valence-electron chi connectivity index (χ1n) is 6.72. The molecule has 100 valence electrons. The fraction of sp³-hybridized carbons (Fsp3) is 0.600. The van der Waals surface area contributed by atoms with Crippen LogP contribution in [-0.4, -0.2) is 22.7 Å². The molecule has 0 radical (unpaired) electrons. The monoisotopic (exact) mass is 265 g/mol. The summed E-state index contributed by atoms with van der Waals surface area (Å²) >= 11 is 2.03. The third-order valence-corrected chi connectivity index (χ3v) is 5.35. The van der Waals surface area contributed by atoms with Crippen LogP contribution in [0.4, 0.5) is 0 Å². The van der Waals surface area contributed by atoms with E-state index in [-0.39, 0.29) is 6.61 Å². The van der Waals surface area contributed by atoms with Crippen LogP contribution >= 0.6 is 11.8 Å². The number of aliphatic hydroxyl groups excluding tert-OH is 1. The Balaban J connectivity index is 1.80. The fourth-order valence-electron chi connectivity index (χ4n) is 2.67. The van der Waals surface area contributed by atoms with Crippen LogP contribution in [0.5, 0.6) is 0 Å². The van der Waals surface area contributed by atoms with Crippen molar-refractivity contribution in [1.82, 2.24) is 5.32 Å². The van der Waals surface area contributed by atoms with E-state index < -0.39 is 0 Å². The van der Waals surface area contributed by atoms with Gasteiger partial charge in [0.15, 0.2) is 0 Å². The van der Waals surface area contributed by atoms with E-state index in [0.29, 0.717) is 4.75 Å². The smallest absolute Gasteiger partial charge is 0.0681 e. The highest BCUT2D eigenvalue weighted by Gasteiger charge is 2.32. The molecule has 2 rings (SSSR count). The molecule has 0 aliphatic heterocycles. The molecule has 1 saturated carbocycles. The first-order valence-corrected chi connectivity index (χ1v) is 7.95. The molecule has 1 aromatic carbocycles. The summed E-state index contributed by atoms with van der Waals surface area (Å²) in [4.78, 5) is 0. The molecule has 2 N–H and O–H groups in total. The fourth-order valence-corrected chi connectivity index (χ4v) is 3.61. The minimum absolute atomic E-state index is 0.128. The van der Waals surface area contributed by atoms with Crippen molar-refractivity contribution in [2.75, 3.05) is 12.8 Å². The van der Waals surface area contributed by atoms with Gasteiger partial charge < -0.3 is 10.4 Å². The molecule has 0 bridgehead atoms. The lowest BCUT2D eigenvalue weighted by Gasteiger charge is -2.27. The third kappa shape index (κ3) is 3.50. The van der Waals surface area contributed by atoms with Gasteiger partial charge in [-0.25, -0.2) is 0 Å². The molecule has 0 amide bonds. The quantitative estimate of drug-likeness (QED) is 0.829. The van der Waals surface area contributed by atoms with E-state index in [4.69, 9.17) is 5.11 Å². The van der Waals surface area contributed by atoms with Gasteiger partial charge in [0.2, 0.25) is 0 Å². The average molecular weight is 265 g/mol. The zero-order valence-corrected chi connectivity index (χ0v) is 11.9. The highest BCUT2D eigenvalue weighted by Crippen LogP contribution is 2.39. The van der Waals surface area contributed by atoms with Gasteiger partial charge in [0.25, 0.3) is 0 Å². The largest absolute Gasteiger partial charge is 0.392 e. The highest BCUT2D eigenvalue weighted by atomic mass is 32.2. The van der Waals surface area contributed by atoms with E-state index in [0.717, 1.165) is 18.7 Å². The van der Waals surface area contributed by atoms with Gasteiger partial charge in [-0.3, -0.25) is 0 Å². The van der Waals surface area contributed by atoms with Crippen LogP contribution in [0.1, 0.15) is 36.8 Å². The van der Waals surface area contributed by atoms with E-state index in [2.05, 4.69) is 23.7 Å². The Hall–Kier alpha value is -0.510. The van der Waals surface area contributed by atoms with Gasteiger partial charge in [0.1, 0.15) is 0 Å². The van der Waals surface area contributed by atoms with Gasteiger partial charge in [-0.15, -0.1) is 0 Å². The summed E-state index contributed by atoms with van der Waals surface area (Å²) in [6.45, 7) is 2.16. The molecule has 2 nitrogen and oxygen atoms in total. The summed E-state index contributed by atoms with van der Waals surface area (Å²) in [7, 11) is 0. The van der Waals surface area contributed by atoms with Gasteiger partial charge in [0.05, 0.1) is 6.61 Å². The van der Waals surface area contributed by atoms with Crippen molar-refractivity contribution in [3.8, 4) is 0 Å². The molecule has 1 aliphatic rings. The maximum atomic E-state index is 9.00. The number of benzene rings is 1. The Bertz CT molecular complexity index is 357. The summed E-state index contributed by atoms with van der Waals surface area (Å²) < 4.78 is 0.477. The second-order valence-corrected chi connectivity index (χ2v) is 6.45. The summed E-state index contributed by atoms with van der Waals surface area (Å²) in [6.07, 6.45) is 7.71. The van der Waals surface area contributed by atoms with Crippen LogP contribution in [0.2, 0.25) is 0 Å². The molecule has 1 aliphatic carbocycles. The van der Waals surface area contributed by atoms with Crippen molar-refractivity contribution in [3.63, 3.8) is 0 Å². The topological polar surface area (TPSA) is 32.3 Å². The number of hydrogen-bond donors (Lipinski definition) is 2. The maximum Gasteiger partial charge on any atom is 0.0681 e. The van der Waals surface area contributed by atoms with Crippen molar-refractivity contribution in [2.24, 2.45) is 0 Å². The van der Waals surface area contributed by atoms with Crippen molar-refractivity contribution in [3.05, 3.63) is 35.4 Å². The molecule has 0 unspecified atom stereocenters. The molecule has 1 aromatic rings. The molecule has 0 saturated heterocycles.